The van der Waals surface area contributed by atoms with Gasteiger partial charge in [0, 0.05) is 58.2 Å². The fourth-order valence-electron chi connectivity index (χ4n) is 4.36. The maximum Gasteiger partial charge on any atom is 0.223 e. The van der Waals surface area contributed by atoms with Gasteiger partial charge in [-0.3, -0.25) is 9.69 Å². The summed E-state index contributed by atoms with van der Waals surface area (Å²) in [5, 5.41) is 0. The molecule has 0 spiro atoms. The number of anilines is 1. The molecule has 1 amide bonds. The van der Waals surface area contributed by atoms with Gasteiger partial charge < -0.3 is 14.2 Å². The molecule has 2 aliphatic heterocycles. The Morgan fingerprint density at radius 3 is 2.64 bits per heavy atom. The number of aryl methyl sites for hydroxylation is 1. The van der Waals surface area contributed by atoms with Gasteiger partial charge in [0.15, 0.2) is 0 Å². The van der Waals surface area contributed by atoms with E-state index in [1.807, 2.05) is 29.2 Å². The van der Waals surface area contributed by atoms with Gasteiger partial charge in [-0.05, 0) is 37.1 Å². The molecule has 2 aromatic rings. The van der Waals surface area contributed by atoms with Crippen LogP contribution in [-0.4, -0.2) is 61.0 Å². The average molecular weight is 385 g/mol. The number of halogens is 1. The summed E-state index contributed by atoms with van der Waals surface area (Å²) in [6.45, 7) is 5.12. The monoisotopic (exact) mass is 385 g/mol. The molecule has 2 saturated heterocycles. The van der Waals surface area contributed by atoms with E-state index in [0.717, 1.165) is 57.9 Å². The van der Waals surface area contributed by atoms with Crippen LogP contribution in [0.4, 0.5) is 10.1 Å². The minimum Gasteiger partial charge on any atom is -0.469 e. The molecule has 5 nitrogen and oxygen atoms in total. The number of furan rings is 1. The van der Waals surface area contributed by atoms with Gasteiger partial charge in [-0.1, -0.05) is 12.1 Å². The molecule has 28 heavy (non-hydrogen) atoms. The van der Waals surface area contributed by atoms with Crippen molar-refractivity contribution in [2.45, 2.75) is 31.7 Å². The number of carbonyl (C=O) groups excluding carboxylic acids is 1. The normalized spacial score (nSPS) is 21.1. The van der Waals surface area contributed by atoms with E-state index in [-0.39, 0.29) is 11.7 Å². The highest BCUT2D eigenvalue weighted by Crippen LogP contribution is 2.23. The van der Waals surface area contributed by atoms with E-state index in [1.54, 1.807) is 12.3 Å². The van der Waals surface area contributed by atoms with Crippen LogP contribution >= 0.6 is 0 Å². The molecule has 1 aromatic carbocycles. The van der Waals surface area contributed by atoms with Crippen molar-refractivity contribution in [3.8, 4) is 0 Å². The molecule has 6 heteroatoms. The summed E-state index contributed by atoms with van der Waals surface area (Å²) in [5.74, 6) is 0.930. The predicted octanol–water partition coefficient (Wildman–Crippen LogP) is 3.16. The van der Waals surface area contributed by atoms with Gasteiger partial charge in [0.05, 0.1) is 12.0 Å². The van der Waals surface area contributed by atoms with Crippen molar-refractivity contribution in [3.05, 3.63) is 54.2 Å². The maximum absolute atomic E-state index is 14.0. The summed E-state index contributed by atoms with van der Waals surface area (Å²) >= 11 is 0. The first-order valence-corrected chi connectivity index (χ1v) is 10.2. The maximum atomic E-state index is 14.0. The Morgan fingerprint density at radius 2 is 1.89 bits per heavy atom. The van der Waals surface area contributed by atoms with Crippen LogP contribution < -0.4 is 4.90 Å². The first-order valence-electron chi connectivity index (χ1n) is 10.2. The molecule has 0 bridgehead atoms. The van der Waals surface area contributed by atoms with Crippen LogP contribution in [0.5, 0.6) is 0 Å². The SMILES string of the molecule is O=C(CCc1ccco1)N1CCC[C@H](N2CCN(c3ccccc3F)CC2)C1. The van der Waals surface area contributed by atoms with Crippen LogP contribution in [0.25, 0.3) is 0 Å². The molecule has 4 rings (SSSR count). The summed E-state index contributed by atoms with van der Waals surface area (Å²) < 4.78 is 19.4. The molecule has 0 saturated carbocycles. The summed E-state index contributed by atoms with van der Waals surface area (Å²) in [6, 6.07) is 11.2. The number of piperidine rings is 1. The largest absolute Gasteiger partial charge is 0.469 e. The van der Waals surface area contributed by atoms with Gasteiger partial charge in [-0.15, -0.1) is 0 Å². The first-order chi connectivity index (χ1) is 13.7. The predicted molar refractivity (Wildman–Crippen MR) is 107 cm³/mol. The van der Waals surface area contributed by atoms with Crippen LogP contribution in [0, 0.1) is 5.82 Å². The van der Waals surface area contributed by atoms with Crippen LogP contribution in [0.1, 0.15) is 25.0 Å². The lowest BCUT2D eigenvalue weighted by molar-refractivity contribution is -0.133. The van der Waals surface area contributed by atoms with Gasteiger partial charge in [0.1, 0.15) is 11.6 Å². The molecule has 1 atom stereocenters. The molecular formula is C22H28FN3O2. The summed E-state index contributed by atoms with van der Waals surface area (Å²) in [5.41, 5.74) is 0.695. The van der Waals surface area contributed by atoms with E-state index in [2.05, 4.69) is 9.80 Å². The van der Waals surface area contributed by atoms with Crippen molar-refractivity contribution in [2.75, 3.05) is 44.2 Å². The highest BCUT2D eigenvalue weighted by atomic mass is 19.1. The number of para-hydroxylation sites is 1. The average Bonchev–Trinajstić information content (AvgIpc) is 3.26. The third-order valence-electron chi connectivity index (χ3n) is 5.94. The second-order valence-electron chi connectivity index (χ2n) is 7.69. The molecule has 0 N–H and O–H groups in total. The van der Waals surface area contributed by atoms with E-state index in [4.69, 9.17) is 4.42 Å². The number of rotatable bonds is 5. The fraction of sp³-hybridized carbons (Fsp3) is 0.500. The number of nitrogens with zero attached hydrogens (tertiary/aromatic N) is 3. The van der Waals surface area contributed by atoms with Gasteiger partial charge in [-0.25, -0.2) is 4.39 Å². The van der Waals surface area contributed by atoms with Crippen molar-refractivity contribution >= 4 is 11.6 Å². The van der Waals surface area contributed by atoms with E-state index < -0.39 is 0 Å². The van der Waals surface area contributed by atoms with Gasteiger partial charge in [-0.2, -0.15) is 0 Å². The Hall–Kier alpha value is -2.34. The van der Waals surface area contributed by atoms with Gasteiger partial charge in [0.2, 0.25) is 5.91 Å². The quantitative estimate of drug-likeness (QED) is 0.793. The second-order valence-corrected chi connectivity index (χ2v) is 7.69. The standard InChI is InChI=1S/C22H28FN3O2/c23-20-7-1-2-8-21(20)25-14-12-24(13-15-25)18-5-3-11-26(17-18)22(27)10-9-19-6-4-16-28-19/h1-2,4,6-8,16,18H,3,5,9-15,17H2/t18-/m0/s1. The van der Waals surface area contributed by atoms with Crippen molar-refractivity contribution in [1.29, 1.82) is 0 Å². The van der Waals surface area contributed by atoms with Crippen molar-refractivity contribution < 1.29 is 13.6 Å². The Balaban J connectivity index is 1.28. The lowest BCUT2D eigenvalue weighted by atomic mass is 10.0. The minimum absolute atomic E-state index is 0.151. The number of hydrogen-bond donors (Lipinski definition) is 0. The summed E-state index contributed by atoms with van der Waals surface area (Å²) in [7, 11) is 0. The molecule has 150 valence electrons. The number of amides is 1. The topological polar surface area (TPSA) is 39.9 Å². The Labute approximate surface area is 165 Å². The minimum atomic E-state index is -0.151. The highest BCUT2D eigenvalue weighted by Gasteiger charge is 2.30. The molecule has 0 aliphatic carbocycles. The lowest BCUT2D eigenvalue weighted by Gasteiger charge is -2.44. The number of hydrogen-bond acceptors (Lipinski definition) is 4. The summed E-state index contributed by atoms with van der Waals surface area (Å²) in [6.07, 6.45) is 4.99. The van der Waals surface area contributed by atoms with Crippen LogP contribution in [-0.2, 0) is 11.2 Å². The Kier molecular flexibility index (Phi) is 5.95. The third kappa shape index (κ3) is 4.38. The van der Waals surface area contributed by atoms with Crippen LogP contribution in [0.15, 0.2) is 47.1 Å². The molecule has 3 heterocycles. The number of piperazine rings is 1. The van der Waals surface area contributed by atoms with Crippen molar-refractivity contribution in [3.63, 3.8) is 0 Å². The second kappa shape index (κ2) is 8.78. The molecular weight excluding hydrogens is 357 g/mol. The smallest absolute Gasteiger partial charge is 0.223 e. The molecule has 1 aromatic heterocycles. The highest BCUT2D eigenvalue weighted by molar-refractivity contribution is 5.76. The van der Waals surface area contributed by atoms with Crippen molar-refractivity contribution in [1.82, 2.24) is 9.80 Å². The summed E-state index contributed by atoms with van der Waals surface area (Å²) in [4.78, 5) is 19.2. The van der Waals surface area contributed by atoms with Gasteiger partial charge >= 0.3 is 0 Å². The van der Waals surface area contributed by atoms with E-state index in [9.17, 15) is 9.18 Å². The molecule has 0 unspecified atom stereocenters. The molecule has 2 fully saturated rings. The number of carbonyl (C=O) groups is 1. The Morgan fingerprint density at radius 1 is 1.07 bits per heavy atom. The number of benzene rings is 1. The van der Waals surface area contributed by atoms with E-state index in [1.165, 1.54) is 6.07 Å². The number of likely N-dealkylation sites (tertiary alicyclic amines) is 1. The zero-order valence-electron chi connectivity index (χ0n) is 16.2. The zero-order valence-corrected chi connectivity index (χ0v) is 16.2. The molecule has 2 aliphatic rings. The Bertz CT molecular complexity index is 772. The zero-order chi connectivity index (χ0) is 19.3. The van der Waals surface area contributed by atoms with E-state index >= 15 is 0 Å². The van der Waals surface area contributed by atoms with Crippen LogP contribution in [0.2, 0.25) is 0 Å². The lowest BCUT2D eigenvalue weighted by Crippen LogP contribution is -2.56. The van der Waals surface area contributed by atoms with Crippen molar-refractivity contribution in [2.24, 2.45) is 0 Å². The molecule has 0 radical (unpaired) electrons. The first kappa shape index (κ1) is 19.0. The van der Waals surface area contributed by atoms with Crippen LogP contribution in [0.3, 0.4) is 0 Å². The van der Waals surface area contributed by atoms with E-state index in [0.29, 0.717) is 24.6 Å². The van der Waals surface area contributed by atoms with Gasteiger partial charge in [0.25, 0.3) is 0 Å². The fourth-order valence-corrected chi connectivity index (χ4v) is 4.36. The third-order valence-corrected chi connectivity index (χ3v) is 5.94.